The predicted molar refractivity (Wildman–Crippen MR) is 65.8 cm³/mol. The average molecular weight is 244 g/mol. The number of hydrogen-bond donors (Lipinski definition) is 2. The Labute approximate surface area is 103 Å². The van der Waals surface area contributed by atoms with E-state index in [0.29, 0.717) is 13.1 Å². The molecule has 0 atom stereocenters. The largest absolute Gasteiger partial charge is 0.389 e. The fourth-order valence-electron chi connectivity index (χ4n) is 1.75. The summed E-state index contributed by atoms with van der Waals surface area (Å²) >= 11 is 0. The van der Waals surface area contributed by atoms with Gasteiger partial charge in [-0.1, -0.05) is 0 Å². The van der Waals surface area contributed by atoms with Gasteiger partial charge in [-0.3, -0.25) is 4.79 Å². The highest BCUT2D eigenvalue weighted by atomic mass is 16.5. The van der Waals surface area contributed by atoms with Gasteiger partial charge >= 0.3 is 0 Å². The Morgan fingerprint density at radius 3 is 2.47 bits per heavy atom. The van der Waals surface area contributed by atoms with Crippen molar-refractivity contribution in [3.8, 4) is 0 Å². The molecule has 5 nitrogen and oxygen atoms in total. The van der Waals surface area contributed by atoms with Gasteiger partial charge in [0.1, 0.15) is 6.61 Å². The number of carbonyl (C=O) groups is 1. The van der Waals surface area contributed by atoms with Crippen LogP contribution in [0, 0.1) is 0 Å². The zero-order valence-corrected chi connectivity index (χ0v) is 11.2. The third-order valence-electron chi connectivity index (χ3n) is 2.85. The molecule has 0 aliphatic carbocycles. The number of nitrogens with zero attached hydrogens (tertiary/aromatic N) is 1. The van der Waals surface area contributed by atoms with Gasteiger partial charge < -0.3 is 20.1 Å². The fourth-order valence-corrected chi connectivity index (χ4v) is 1.75. The first-order valence-corrected chi connectivity index (χ1v) is 6.11. The Kier molecular flexibility index (Phi) is 4.52. The lowest BCUT2D eigenvalue weighted by Crippen LogP contribution is -2.60. The Bertz CT molecular complexity index is 269. The second-order valence-electron chi connectivity index (χ2n) is 5.56. The number of carbonyl (C=O) groups excluding carboxylic acids is 1. The molecular weight excluding hydrogens is 220 g/mol. The lowest BCUT2D eigenvalue weighted by Gasteiger charge is -2.39. The maximum Gasteiger partial charge on any atom is 0.248 e. The van der Waals surface area contributed by atoms with Crippen LogP contribution in [0.2, 0.25) is 0 Å². The number of amides is 1. The highest BCUT2D eigenvalue weighted by Crippen LogP contribution is 2.15. The quantitative estimate of drug-likeness (QED) is 0.689. The van der Waals surface area contributed by atoms with Gasteiger partial charge in [0.15, 0.2) is 0 Å². The van der Waals surface area contributed by atoms with Gasteiger partial charge in [-0.2, -0.15) is 0 Å². The maximum atomic E-state index is 11.9. The third-order valence-corrected chi connectivity index (χ3v) is 2.85. The van der Waals surface area contributed by atoms with E-state index in [9.17, 15) is 9.90 Å². The molecule has 0 aromatic heterocycles. The van der Waals surface area contributed by atoms with E-state index in [-0.39, 0.29) is 18.1 Å². The Hall–Kier alpha value is -0.650. The van der Waals surface area contributed by atoms with Crippen molar-refractivity contribution in [3.05, 3.63) is 0 Å². The van der Waals surface area contributed by atoms with Crippen LogP contribution in [0.15, 0.2) is 0 Å². The van der Waals surface area contributed by atoms with Crippen LogP contribution in [0.5, 0.6) is 0 Å². The molecule has 0 aromatic rings. The van der Waals surface area contributed by atoms with Crippen molar-refractivity contribution < 1.29 is 14.6 Å². The molecule has 0 saturated carbocycles. The summed E-state index contributed by atoms with van der Waals surface area (Å²) in [6.45, 7) is 9.86. The van der Waals surface area contributed by atoms with Crippen molar-refractivity contribution in [2.75, 3.05) is 32.8 Å². The Morgan fingerprint density at radius 1 is 1.53 bits per heavy atom. The smallest absolute Gasteiger partial charge is 0.248 e. The van der Waals surface area contributed by atoms with E-state index in [0.717, 1.165) is 13.1 Å². The van der Waals surface area contributed by atoms with Gasteiger partial charge in [0.05, 0.1) is 11.2 Å². The molecule has 100 valence electrons. The van der Waals surface area contributed by atoms with Crippen LogP contribution in [-0.2, 0) is 9.53 Å². The van der Waals surface area contributed by atoms with E-state index in [1.165, 1.54) is 0 Å². The van der Waals surface area contributed by atoms with Gasteiger partial charge in [-0.15, -0.1) is 0 Å². The molecule has 1 aliphatic heterocycles. The fraction of sp³-hybridized carbons (Fsp3) is 0.917. The number of nitrogens with one attached hydrogen (secondary N) is 1. The van der Waals surface area contributed by atoms with Crippen LogP contribution >= 0.6 is 0 Å². The number of ether oxygens (including phenoxy) is 1. The summed E-state index contributed by atoms with van der Waals surface area (Å²) < 4.78 is 5.59. The lowest BCUT2D eigenvalue weighted by molar-refractivity contribution is -0.148. The van der Waals surface area contributed by atoms with E-state index in [1.54, 1.807) is 18.7 Å². The van der Waals surface area contributed by atoms with E-state index >= 15 is 0 Å². The molecule has 0 aromatic carbocycles. The highest BCUT2D eigenvalue weighted by molar-refractivity contribution is 5.77. The standard InChI is InChI=1S/C12H24N2O3/c1-5-14(9-11(2,3)16)10(15)6-17-12(4)7-13-8-12/h13,16H,5-9H2,1-4H3. The summed E-state index contributed by atoms with van der Waals surface area (Å²) in [5, 5.41) is 12.8. The lowest BCUT2D eigenvalue weighted by atomic mass is 10.0. The van der Waals surface area contributed by atoms with E-state index in [1.807, 2.05) is 13.8 Å². The van der Waals surface area contributed by atoms with Crippen LogP contribution < -0.4 is 5.32 Å². The van der Waals surface area contributed by atoms with Crippen molar-refractivity contribution in [3.63, 3.8) is 0 Å². The number of rotatable bonds is 6. The molecule has 1 saturated heterocycles. The summed E-state index contributed by atoms with van der Waals surface area (Å²) in [5.41, 5.74) is -1.07. The topological polar surface area (TPSA) is 61.8 Å². The van der Waals surface area contributed by atoms with E-state index in [4.69, 9.17) is 4.74 Å². The van der Waals surface area contributed by atoms with Crippen LogP contribution in [0.3, 0.4) is 0 Å². The van der Waals surface area contributed by atoms with Crippen LogP contribution in [0.4, 0.5) is 0 Å². The van der Waals surface area contributed by atoms with Crippen LogP contribution in [0.25, 0.3) is 0 Å². The Balaban J connectivity index is 2.38. The molecule has 1 amide bonds. The van der Waals surface area contributed by atoms with Crippen molar-refractivity contribution >= 4 is 5.91 Å². The van der Waals surface area contributed by atoms with Crippen molar-refractivity contribution in [2.24, 2.45) is 0 Å². The molecule has 0 spiro atoms. The van der Waals surface area contributed by atoms with Crippen molar-refractivity contribution in [2.45, 2.75) is 38.9 Å². The minimum atomic E-state index is -0.867. The second-order valence-corrected chi connectivity index (χ2v) is 5.56. The van der Waals surface area contributed by atoms with Gasteiger partial charge in [-0.05, 0) is 27.7 Å². The van der Waals surface area contributed by atoms with E-state index < -0.39 is 5.60 Å². The van der Waals surface area contributed by atoms with Crippen molar-refractivity contribution in [1.29, 1.82) is 0 Å². The van der Waals surface area contributed by atoms with Gasteiger partial charge in [0.25, 0.3) is 0 Å². The average Bonchev–Trinajstić information content (AvgIpc) is 2.18. The first kappa shape index (κ1) is 14.4. The zero-order valence-electron chi connectivity index (χ0n) is 11.2. The van der Waals surface area contributed by atoms with Gasteiger partial charge in [-0.25, -0.2) is 0 Å². The van der Waals surface area contributed by atoms with Gasteiger partial charge in [0, 0.05) is 26.2 Å². The minimum Gasteiger partial charge on any atom is -0.389 e. The molecule has 1 fully saturated rings. The highest BCUT2D eigenvalue weighted by Gasteiger charge is 2.33. The van der Waals surface area contributed by atoms with E-state index in [2.05, 4.69) is 5.32 Å². The number of likely N-dealkylation sites (N-methyl/N-ethyl adjacent to an activating group) is 1. The number of hydrogen-bond acceptors (Lipinski definition) is 4. The monoisotopic (exact) mass is 244 g/mol. The molecule has 0 unspecified atom stereocenters. The number of aliphatic hydroxyl groups is 1. The maximum absolute atomic E-state index is 11.9. The molecule has 5 heteroatoms. The van der Waals surface area contributed by atoms with Gasteiger partial charge in [0.2, 0.25) is 5.91 Å². The Morgan fingerprint density at radius 2 is 2.12 bits per heavy atom. The van der Waals surface area contributed by atoms with Crippen LogP contribution in [0.1, 0.15) is 27.7 Å². The first-order valence-electron chi connectivity index (χ1n) is 6.11. The summed E-state index contributed by atoms with van der Waals surface area (Å²) in [4.78, 5) is 13.5. The minimum absolute atomic E-state index is 0.0669. The normalized spacial score (nSPS) is 18.6. The first-order chi connectivity index (χ1) is 7.76. The molecule has 0 radical (unpaired) electrons. The SMILES string of the molecule is CCN(CC(C)(C)O)C(=O)COC1(C)CNC1. The van der Waals surface area contributed by atoms with Crippen LogP contribution in [-0.4, -0.2) is 59.9 Å². The van der Waals surface area contributed by atoms with Crippen molar-refractivity contribution in [1.82, 2.24) is 10.2 Å². The second kappa shape index (κ2) is 5.33. The summed E-state index contributed by atoms with van der Waals surface area (Å²) in [7, 11) is 0. The molecule has 0 bridgehead atoms. The molecule has 1 heterocycles. The third kappa shape index (κ3) is 4.61. The molecular formula is C12H24N2O3. The summed E-state index contributed by atoms with van der Waals surface area (Å²) in [5.74, 6) is -0.0669. The summed E-state index contributed by atoms with van der Waals surface area (Å²) in [6.07, 6.45) is 0. The molecule has 2 N–H and O–H groups in total. The molecule has 1 aliphatic rings. The predicted octanol–water partition coefficient (Wildman–Crippen LogP) is -0.0157. The summed E-state index contributed by atoms with van der Waals surface area (Å²) in [6, 6.07) is 0. The molecule has 17 heavy (non-hydrogen) atoms. The zero-order chi connectivity index (χ0) is 13.1. The molecule has 1 rings (SSSR count).